The van der Waals surface area contributed by atoms with Crippen molar-refractivity contribution in [3.8, 4) is 0 Å². The summed E-state index contributed by atoms with van der Waals surface area (Å²) in [6, 6.07) is 12.2. The lowest BCUT2D eigenvalue weighted by Crippen LogP contribution is -2.24. The standard InChI is InChI=1S/C16H12BrCl2N3O2/c17-11-6-4-10(5-7-11)9-20-22-15(24)8-14(23)21-13-3-1-2-12(18)16(13)19/h1-7,9H,8H2,(H,21,23)(H,22,24). The third-order valence-electron chi connectivity index (χ3n) is 2.82. The molecule has 2 aromatic carbocycles. The molecule has 0 saturated heterocycles. The molecular formula is C16H12BrCl2N3O2. The minimum absolute atomic E-state index is 0.223. The molecule has 2 aromatic rings. The molecule has 0 atom stereocenters. The molecule has 2 rings (SSSR count). The van der Waals surface area contributed by atoms with Crippen molar-refractivity contribution in [2.24, 2.45) is 5.10 Å². The highest BCUT2D eigenvalue weighted by atomic mass is 79.9. The first-order valence-corrected chi connectivity index (χ1v) is 8.32. The van der Waals surface area contributed by atoms with Crippen LogP contribution in [0.2, 0.25) is 10.0 Å². The molecule has 2 N–H and O–H groups in total. The van der Waals surface area contributed by atoms with Gasteiger partial charge in [-0.25, -0.2) is 5.43 Å². The van der Waals surface area contributed by atoms with Gasteiger partial charge in [0.05, 0.1) is 21.9 Å². The molecule has 0 aliphatic heterocycles. The topological polar surface area (TPSA) is 70.6 Å². The molecule has 0 bridgehead atoms. The summed E-state index contributed by atoms with van der Waals surface area (Å²) in [5.41, 5.74) is 3.45. The summed E-state index contributed by atoms with van der Waals surface area (Å²) >= 11 is 15.1. The molecule has 5 nitrogen and oxygen atoms in total. The number of nitrogens with one attached hydrogen (secondary N) is 2. The van der Waals surface area contributed by atoms with Gasteiger partial charge in [0.2, 0.25) is 11.8 Å². The maximum atomic E-state index is 11.8. The van der Waals surface area contributed by atoms with Gasteiger partial charge in [-0.15, -0.1) is 0 Å². The highest BCUT2D eigenvalue weighted by molar-refractivity contribution is 9.10. The molecular weight excluding hydrogens is 417 g/mol. The normalized spacial score (nSPS) is 10.6. The molecule has 0 aromatic heterocycles. The molecule has 2 amide bonds. The van der Waals surface area contributed by atoms with Crippen LogP contribution in [0.5, 0.6) is 0 Å². The van der Waals surface area contributed by atoms with E-state index in [9.17, 15) is 9.59 Å². The van der Waals surface area contributed by atoms with Crippen LogP contribution < -0.4 is 10.7 Å². The average Bonchev–Trinajstić information content (AvgIpc) is 2.53. The number of rotatable bonds is 5. The summed E-state index contributed by atoms with van der Waals surface area (Å²) in [4.78, 5) is 23.5. The van der Waals surface area contributed by atoms with Crippen molar-refractivity contribution in [3.63, 3.8) is 0 Å². The molecule has 124 valence electrons. The van der Waals surface area contributed by atoms with Gasteiger partial charge in [-0.2, -0.15) is 5.10 Å². The molecule has 0 radical (unpaired) electrons. The predicted molar refractivity (Wildman–Crippen MR) is 99.6 cm³/mol. The van der Waals surface area contributed by atoms with Gasteiger partial charge in [0.25, 0.3) is 0 Å². The second-order valence-electron chi connectivity index (χ2n) is 4.67. The zero-order valence-corrected chi connectivity index (χ0v) is 15.3. The highest BCUT2D eigenvalue weighted by Crippen LogP contribution is 2.29. The third kappa shape index (κ3) is 5.63. The maximum absolute atomic E-state index is 11.8. The van der Waals surface area contributed by atoms with E-state index < -0.39 is 11.8 Å². The number of carbonyl (C=O) groups excluding carboxylic acids is 2. The number of halogens is 3. The zero-order chi connectivity index (χ0) is 17.5. The number of hydrogen-bond donors (Lipinski definition) is 2. The van der Waals surface area contributed by atoms with Gasteiger partial charge in [0.1, 0.15) is 6.42 Å². The van der Waals surface area contributed by atoms with Gasteiger partial charge in [0, 0.05) is 4.47 Å². The molecule has 0 aliphatic rings. The average molecular weight is 429 g/mol. The summed E-state index contributed by atoms with van der Waals surface area (Å²) < 4.78 is 0.944. The lowest BCUT2D eigenvalue weighted by atomic mass is 10.2. The van der Waals surface area contributed by atoms with Crippen LogP contribution in [0.1, 0.15) is 12.0 Å². The molecule has 0 spiro atoms. The van der Waals surface area contributed by atoms with Crippen LogP contribution >= 0.6 is 39.1 Å². The fourth-order valence-corrected chi connectivity index (χ4v) is 2.32. The summed E-state index contributed by atoms with van der Waals surface area (Å²) in [5.74, 6) is -1.06. The summed E-state index contributed by atoms with van der Waals surface area (Å²) in [5, 5.41) is 6.86. The second kappa shape index (κ2) is 8.82. The van der Waals surface area contributed by atoms with Crippen molar-refractivity contribution in [1.82, 2.24) is 5.43 Å². The summed E-state index contributed by atoms with van der Waals surface area (Å²) in [6.07, 6.45) is 1.09. The minimum atomic E-state index is -0.543. The first-order chi connectivity index (χ1) is 11.5. The number of nitrogens with zero attached hydrogens (tertiary/aromatic N) is 1. The van der Waals surface area contributed by atoms with Crippen molar-refractivity contribution in [3.05, 3.63) is 62.5 Å². The Hall–Kier alpha value is -1.89. The fraction of sp³-hybridized carbons (Fsp3) is 0.0625. The SMILES string of the molecule is O=C(CC(=O)Nc1cccc(Cl)c1Cl)NN=Cc1ccc(Br)cc1. The summed E-state index contributed by atoms with van der Waals surface area (Å²) in [6.45, 7) is 0. The lowest BCUT2D eigenvalue weighted by molar-refractivity contribution is -0.126. The number of carbonyl (C=O) groups is 2. The molecule has 0 fully saturated rings. The quantitative estimate of drug-likeness (QED) is 0.424. The van der Waals surface area contributed by atoms with Gasteiger partial charge in [0.15, 0.2) is 0 Å². The monoisotopic (exact) mass is 427 g/mol. The molecule has 0 heterocycles. The molecule has 24 heavy (non-hydrogen) atoms. The first-order valence-electron chi connectivity index (χ1n) is 6.77. The van der Waals surface area contributed by atoms with E-state index in [1.54, 1.807) is 18.2 Å². The van der Waals surface area contributed by atoms with Gasteiger partial charge in [-0.1, -0.05) is 57.3 Å². The molecule has 8 heteroatoms. The van der Waals surface area contributed by atoms with E-state index in [0.29, 0.717) is 10.7 Å². The number of hydrazone groups is 1. The zero-order valence-electron chi connectivity index (χ0n) is 12.2. The number of amides is 2. The highest BCUT2D eigenvalue weighted by Gasteiger charge is 2.11. The van der Waals surface area contributed by atoms with E-state index in [1.807, 2.05) is 24.3 Å². The van der Waals surface area contributed by atoms with E-state index in [2.05, 4.69) is 31.8 Å². The van der Waals surface area contributed by atoms with E-state index >= 15 is 0 Å². The Bertz CT molecular complexity index is 779. The maximum Gasteiger partial charge on any atom is 0.249 e. The first kappa shape index (κ1) is 18.4. The lowest BCUT2D eigenvalue weighted by Gasteiger charge is -2.07. The van der Waals surface area contributed by atoms with E-state index in [0.717, 1.165) is 10.0 Å². The molecule has 0 unspecified atom stereocenters. The van der Waals surface area contributed by atoms with Crippen LogP contribution in [0, 0.1) is 0 Å². The van der Waals surface area contributed by atoms with Crippen LogP contribution in [-0.2, 0) is 9.59 Å². The number of hydrogen-bond acceptors (Lipinski definition) is 3. The molecule has 0 aliphatic carbocycles. The summed E-state index contributed by atoms with van der Waals surface area (Å²) in [7, 11) is 0. The van der Waals surface area contributed by atoms with Crippen LogP contribution in [0.15, 0.2) is 52.0 Å². The third-order valence-corrected chi connectivity index (χ3v) is 4.17. The van der Waals surface area contributed by atoms with Crippen LogP contribution in [0.3, 0.4) is 0 Å². The Balaban J connectivity index is 1.84. The van der Waals surface area contributed by atoms with Crippen LogP contribution in [-0.4, -0.2) is 18.0 Å². The van der Waals surface area contributed by atoms with Crippen molar-refractivity contribution in [1.29, 1.82) is 0 Å². The van der Waals surface area contributed by atoms with Crippen LogP contribution in [0.25, 0.3) is 0 Å². The van der Waals surface area contributed by atoms with Crippen molar-refractivity contribution in [2.45, 2.75) is 6.42 Å². The van der Waals surface area contributed by atoms with Gasteiger partial charge in [-0.05, 0) is 29.8 Å². The van der Waals surface area contributed by atoms with Gasteiger partial charge < -0.3 is 5.32 Å². The van der Waals surface area contributed by atoms with Crippen LogP contribution in [0.4, 0.5) is 5.69 Å². The minimum Gasteiger partial charge on any atom is -0.324 e. The van der Waals surface area contributed by atoms with Gasteiger partial charge in [-0.3, -0.25) is 9.59 Å². The van der Waals surface area contributed by atoms with E-state index in [4.69, 9.17) is 23.2 Å². The Kier molecular flexibility index (Phi) is 6.78. The van der Waals surface area contributed by atoms with E-state index in [1.165, 1.54) is 6.21 Å². The fourth-order valence-electron chi connectivity index (χ4n) is 1.71. The Labute approximate surface area is 157 Å². The smallest absolute Gasteiger partial charge is 0.249 e. The Morgan fingerprint density at radius 3 is 2.50 bits per heavy atom. The van der Waals surface area contributed by atoms with E-state index in [-0.39, 0.29) is 11.4 Å². The Morgan fingerprint density at radius 1 is 1.08 bits per heavy atom. The van der Waals surface area contributed by atoms with Crippen molar-refractivity contribution < 1.29 is 9.59 Å². The number of anilines is 1. The second-order valence-corrected chi connectivity index (χ2v) is 6.37. The predicted octanol–water partition coefficient (Wildman–Crippen LogP) is 4.23. The van der Waals surface area contributed by atoms with Gasteiger partial charge >= 0.3 is 0 Å². The number of benzene rings is 2. The van der Waals surface area contributed by atoms with Crippen molar-refractivity contribution >= 4 is 62.8 Å². The van der Waals surface area contributed by atoms with Crippen molar-refractivity contribution in [2.75, 3.05) is 5.32 Å². The Morgan fingerprint density at radius 2 is 1.79 bits per heavy atom. The largest absolute Gasteiger partial charge is 0.324 e. The molecule has 0 saturated carbocycles.